The van der Waals surface area contributed by atoms with Crippen molar-refractivity contribution in [3.63, 3.8) is 0 Å². The van der Waals surface area contributed by atoms with Crippen molar-refractivity contribution in [1.29, 1.82) is 0 Å². The molecule has 0 radical (unpaired) electrons. The maximum Gasteiger partial charge on any atom is 0.0389 e. The third-order valence-corrected chi connectivity index (χ3v) is 10.0. The van der Waals surface area contributed by atoms with Crippen molar-refractivity contribution in [2.24, 2.45) is 0 Å². The molecule has 6 aromatic carbocycles. The first kappa shape index (κ1) is 23.7. The normalized spacial score (nSPS) is 13.7. The van der Waals surface area contributed by atoms with E-state index in [0.29, 0.717) is 0 Å². The molecule has 7 aromatic rings. The Labute approximate surface area is 239 Å². The van der Waals surface area contributed by atoms with Gasteiger partial charge in [-0.05, 0) is 103 Å². The lowest BCUT2D eigenvalue weighted by molar-refractivity contribution is 0.661. The maximum absolute atomic E-state index is 2.48. The highest BCUT2D eigenvalue weighted by molar-refractivity contribution is 7.15. The van der Waals surface area contributed by atoms with Gasteiger partial charge in [0.1, 0.15) is 0 Å². The highest BCUT2D eigenvalue weighted by Gasteiger charge is 2.37. The molecule has 1 heterocycles. The Morgan fingerprint density at radius 1 is 0.525 bits per heavy atom. The van der Waals surface area contributed by atoms with Crippen molar-refractivity contribution < 1.29 is 0 Å². The fourth-order valence-electron chi connectivity index (χ4n) is 7.14. The highest BCUT2D eigenvalue weighted by Crippen LogP contribution is 2.54. The molecular formula is C39H30S. The summed E-state index contributed by atoms with van der Waals surface area (Å²) < 4.78 is 0. The Kier molecular flexibility index (Phi) is 4.97. The van der Waals surface area contributed by atoms with Gasteiger partial charge < -0.3 is 0 Å². The molecule has 0 N–H and O–H groups in total. The van der Waals surface area contributed by atoms with E-state index >= 15 is 0 Å². The number of hydrogen-bond donors (Lipinski definition) is 0. The van der Waals surface area contributed by atoms with Gasteiger partial charge in [0, 0.05) is 15.2 Å². The van der Waals surface area contributed by atoms with Gasteiger partial charge in [0.15, 0.2) is 0 Å². The first-order valence-corrected chi connectivity index (χ1v) is 14.9. The summed E-state index contributed by atoms with van der Waals surface area (Å²) in [7, 11) is 0. The Hall–Kier alpha value is -4.20. The quantitative estimate of drug-likeness (QED) is 0.195. The summed E-state index contributed by atoms with van der Waals surface area (Å²) in [5.41, 5.74) is 10.9. The van der Waals surface area contributed by atoms with Gasteiger partial charge in [0.25, 0.3) is 0 Å². The minimum absolute atomic E-state index is 0.00251. The fourth-order valence-corrected chi connectivity index (χ4v) is 8.35. The standard InChI is InChI=1S/C39H30S/c1-23-19-25-11-5-6-12-27(25)33(20-23)37-30-15-9-7-13-28(30)36(29-14-8-10-16-31(29)37)26-17-18-32-34(22-26)39(3,4)35-21-24(2)40-38(32)35/h5-22H,1-4H3. The van der Waals surface area contributed by atoms with Crippen LogP contribution in [-0.2, 0) is 5.41 Å². The van der Waals surface area contributed by atoms with Crippen LogP contribution in [0.2, 0.25) is 0 Å². The number of benzene rings is 6. The molecule has 0 amide bonds. The largest absolute Gasteiger partial charge is 0.140 e. The zero-order chi connectivity index (χ0) is 27.2. The molecule has 40 heavy (non-hydrogen) atoms. The van der Waals surface area contributed by atoms with Gasteiger partial charge in [-0.1, -0.05) is 111 Å². The van der Waals surface area contributed by atoms with Crippen molar-refractivity contribution in [2.45, 2.75) is 33.1 Å². The van der Waals surface area contributed by atoms with Crippen LogP contribution in [0.15, 0.2) is 109 Å². The molecule has 0 nitrogen and oxygen atoms in total. The maximum atomic E-state index is 2.48. The van der Waals surface area contributed by atoms with Crippen LogP contribution in [-0.4, -0.2) is 0 Å². The molecule has 1 aromatic heterocycles. The second-order valence-corrected chi connectivity index (χ2v) is 13.1. The topological polar surface area (TPSA) is 0 Å². The molecule has 8 rings (SSSR count). The van der Waals surface area contributed by atoms with Crippen molar-refractivity contribution in [3.8, 4) is 32.7 Å². The lowest BCUT2D eigenvalue weighted by atomic mass is 9.80. The first-order chi connectivity index (χ1) is 19.4. The Bertz CT molecular complexity index is 2100. The SMILES string of the molecule is Cc1cc(-c2c3ccccc3c(-c3ccc4c(c3)C(C)(C)c3cc(C)sc3-4)c3ccccc23)c2ccccc2c1. The van der Waals surface area contributed by atoms with E-state index in [4.69, 9.17) is 0 Å². The second-order valence-electron chi connectivity index (χ2n) is 11.9. The van der Waals surface area contributed by atoms with E-state index in [1.54, 1.807) is 0 Å². The molecule has 0 unspecified atom stereocenters. The summed E-state index contributed by atoms with van der Waals surface area (Å²) in [6, 6.07) is 41.1. The molecule has 0 saturated heterocycles. The zero-order valence-electron chi connectivity index (χ0n) is 23.3. The lowest BCUT2D eigenvalue weighted by Gasteiger charge is -2.23. The molecule has 0 aliphatic heterocycles. The van der Waals surface area contributed by atoms with Crippen LogP contribution < -0.4 is 0 Å². The predicted octanol–water partition coefficient (Wildman–Crippen LogP) is 11.5. The molecule has 192 valence electrons. The van der Waals surface area contributed by atoms with Crippen molar-refractivity contribution >= 4 is 43.7 Å². The molecule has 1 aliphatic rings. The van der Waals surface area contributed by atoms with Gasteiger partial charge in [-0.3, -0.25) is 0 Å². The van der Waals surface area contributed by atoms with Crippen molar-refractivity contribution in [2.75, 3.05) is 0 Å². The number of rotatable bonds is 2. The summed E-state index contributed by atoms with van der Waals surface area (Å²) in [4.78, 5) is 2.84. The number of aryl methyl sites for hydroxylation is 2. The summed E-state index contributed by atoms with van der Waals surface area (Å²) in [6.07, 6.45) is 0. The molecule has 0 saturated carbocycles. The van der Waals surface area contributed by atoms with E-state index in [-0.39, 0.29) is 5.41 Å². The average molecular weight is 531 g/mol. The zero-order valence-corrected chi connectivity index (χ0v) is 24.1. The molecule has 0 atom stereocenters. The van der Waals surface area contributed by atoms with Crippen LogP contribution in [0.5, 0.6) is 0 Å². The third-order valence-electron chi connectivity index (χ3n) is 8.96. The molecular weight excluding hydrogens is 500 g/mol. The van der Waals surface area contributed by atoms with E-state index in [0.717, 1.165) is 0 Å². The monoisotopic (exact) mass is 530 g/mol. The van der Waals surface area contributed by atoms with Gasteiger partial charge in [0.05, 0.1) is 0 Å². The predicted molar refractivity (Wildman–Crippen MR) is 175 cm³/mol. The molecule has 0 bridgehead atoms. The second kappa shape index (κ2) is 8.40. The van der Waals surface area contributed by atoms with Crippen LogP contribution >= 0.6 is 11.3 Å². The van der Waals surface area contributed by atoms with Crippen molar-refractivity contribution in [3.05, 3.63) is 131 Å². The Morgan fingerprint density at radius 3 is 1.80 bits per heavy atom. The number of hydrogen-bond acceptors (Lipinski definition) is 1. The third kappa shape index (κ3) is 3.25. The van der Waals surface area contributed by atoms with Crippen molar-refractivity contribution in [1.82, 2.24) is 0 Å². The van der Waals surface area contributed by atoms with E-state index in [9.17, 15) is 0 Å². The minimum Gasteiger partial charge on any atom is -0.140 e. The number of thiophene rings is 1. The number of fused-ring (bicyclic) bond motifs is 6. The lowest BCUT2D eigenvalue weighted by Crippen LogP contribution is -2.14. The average Bonchev–Trinajstić information content (AvgIpc) is 3.45. The van der Waals surface area contributed by atoms with Crippen LogP contribution in [0, 0.1) is 13.8 Å². The van der Waals surface area contributed by atoms with Gasteiger partial charge in [-0.25, -0.2) is 0 Å². The Balaban J connectivity index is 1.47. The van der Waals surface area contributed by atoms with E-state index in [1.165, 1.54) is 86.6 Å². The van der Waals surface area contributed by atoms with E-state index in [1.807, 2.05) is 11.3 Å². The molecule has 0 fully saturated rings. The Morgan fingerprint density at radius 2 is 1.12 bits per heavy atom. The summed E-state index contributed by atoms with van der Waals surface area (Å²) >= 11 is 1.93. The van der Waals surface area contributed by atoms with Crippen LogP contribution in [0.4, 0.5) is 0 Å². The van der Waals surface area contributed by atoms with Gasteiger partial charge in [-0.2, -0.15) is 0 Å². The molecule has 1 aliphatic carbocycles. The first-order valence-electron chi connectivity index (χ1n) is 14.1. The minimum atomic E-state index is -0.00251. The summed E-state index contributed by atoms with van der Waals surface area (Å²) in [5.74, 6) is 0. The van der Waals surface area contributed by atoms with E-state index < -0.39 is 0 Å². The van der Waals surface area contributed by atoms with Crippen LogP contribution in [0.1, 0.15) is 35.4 Å². The van der Waals surface area contributed by atoms with E-state index in [2.05, 4.69) is 137 Å². The fraction of sp³-hybridized carbons (Fsp3) is 0.128. The van der Waals surface area contributed by atoms with Crippen LogP contribution in [0.25, 0.3) is 65.0 Å². The summed E-state index contributed by atoms with van der Waals surface area (Å²) in [6.45, 7) is 9.21. The van der Waals surface area contributed by atoms with Gasteiger partial charge in [0.2, 0.25) is 0 Å². The van der Waals surface area contributed by atoms with Gasteiger partial charge >= 0.3 is 0 Å². The summed E-state index contributed by atoms with van der Waals surface area (Å²) in [5, 5.41) is 7.82. The van der Waals surface area contributed by atoms with Crippen LogP contribution in [0.3, 0.4) is 0 Å². The highest BCUT2D eigenvalue weighted by atomic mass is 32.1. The molecule has 1 heteroatoms. The molecule has 0 spiro atoms. The smallest absolute Gasteiger partial charge is 0.0389 e. The van der Waals surface area contributed by atoms with Gasteiger partial charge in [-0.15, -0.1) is 11.3 Å².